The van der Waals surface area contributed by atoms with E-state index < -0.39 is 10.0 Å². The number of carbonyl (C=O) groups is 2. The molecule has 0 unspecified atom stereocenters. The van der Waals surface area contributed by atoms with E-state index in [4.69, 9.17) is 16.3 Å². The Bertz CT molecular complexity index is 1200. The van der Waals surface area contributed by atoms with Crippen LogP contribution in [0.3, 0.4) is 0 Å². The van der Waals surface area contributed by atoms with E-state index in [1.54, 1.807) is 29.6 Å². The number of hydrogen-bond acceptors (Lipinski definition) is 6. The summed E-state index contributed by atoms with van der Waals surface area (Å²) in [6.07, 6.45) is 0.0221. The van der Waals surface area contributed by atoms with Crippen molar-refractivity contribution in [1.82, 2.24) is 5.32 Å². The maximum Gasteiger partial charge on any atom is 0.265 e. The van der Waals surface area contributed by atoms with Crippen molar-refractivity contribution in [2.24, 2.45) is 0 Å². The highest BCUT2D eigenvalue weighted by molar-refractivity contribution is 7.92. The Morgan fingerprint density at radius 3 is 2.44 bits per heavy atom. The topological polar surface area (TPSA) is 114 Å². The summed E-state index contributed by atoms with van der Waals surface area (Å²) >= 11 is 7.14. The van der Waals surface area contributed by atoms with E-state index in [9.17, 15) is 18.0 Å². The molecule has 0 saturated heterocycles. The fourth-order valence-corrected chi connectivity index (χ4v) is 4.72. The lowest BCUT2D eigenvalue weighted by atomic mass is 10.3. The van der Waals surface area contributed by atoms with Crippen molar-refractivity contribution < 1.29 is 22.7 Å². The number of anilines is 2. The number of nitrogens with one attached hydrogen (secondary N) is 3. The fraction of sp³-hybridized carbons (Fsp3) is 0.143. The van der Waals surface area contributed by atoms with Crippen molar-refractivity contribution in [3.8, 4) is 5.75 Å². The molecule has 0 atom stereocenters. The van der Waals surface area contributed by atoms with Crippen LogP contribution >= 0.6 is 22.9 Å². The highest BCUT2D eigenvalue weighted by Gasteiger charge is 2.21. The lowest BCUT2D eigenvalue weighted by Gasteiger charge is -2.14. The molecule has 0 aliphatic rings. The third-order valence-electron chi connectivity index (χ3n) is 4.22. The first-order valence-corrected chi connectivity index (χ1v) is 12.1. The van der Waals surface area contributed by atoms with Crippen LogP contribution in [-0.2, 0) is 14.8 Å². The SMILES string of the molecule is COc1ccc(NC(=O)CCNC(=O)c2cccs2)cc1S(=O)(=O)Nc1ccc(Cl)cc1. The summed E-state index contributed by atoms with van der Waals surface area (Å²) in [5.74, 6) is -0.512. The maximum atomic E-state index is 12.9. The normalized spacial score (nSPS) is 10.9. The molecule has 0 aliphatic carbocycles. The standard InChI is InChI=1S/C21H20ClN3O5S2/c1-30-17-9-8-16(24-20(26)10-11-23-21(27)18-3-2-12-31-18)13-19(17)32(28,29)25-15-6-4-14(22)5-7-15/h2-9,12-13,25H,10-11H2,1H3,(H,23,27)(H,24,26). The van der Waals surface area contributed by atoms with E-state index in [-0.39, 0.29) is 41.1 Å². The number of thiophene rings is 1. The first kappa shape index (κ1) is 23.6. The van der Waals surface area contributed by atoms with Crippen LogP contribution in [0.25, 0.3) is 0 Å². The lowest BCUT2D eigenvalue weighted by Crippen LogP contribution is -2.27. The molecule has 3 aromatic rings. The van der Waals surface area contributed by atoms with Gasteiger partial charge in [-0.15, -0.1) is 11.3 Å². The zero-order chi connectivity index (χ0) is 23.1. The summed E-state index contributed by atoms with van der Waals surface area (Å²) in [5.41, 5.74) is 0.601. The van der Waals surface area contributed by atoms with E-state index in [1.807, 2.05) is 0 Å². The molecule has 1 heterocycles. The minimum atomic E-state index is -4.01. The van der Waals surface area contributed by atoms with Gasteiger partial charge >= 0.3 is 0 Å². The average Bonchev–Trinajstić information content (AvgIpc) is 3.30. The number of ether oxygens (including phenoxy) is 1. The van der Waals surface area contributed by atoms with Gasteiger partial charge in [0.1, 0.15) is 10.6 Å². The van der Waals surface area contributed by atoms with E-state index in [1.165, 1.54) is 48.8 Å². The van der Waals surface area contributed by atoms with Crippen molar-refractivity contribution in [2.75, 3.05) is 23.7 Å². The molecule has 3 rings (SSSR count). The molecule has 0 bridgehead atoms. The average molecular weight is 494 g/mol. The Morgan fingerprint density at radius 2 is 1.78 bits per heavy atom. The Balaban J connectivity index is 1.66. The molecule has 11 heteroatoms. The van der Waals surface area contributed by atoms with Crippen LogP contribution in [0, 0.1) is 0 Å². The number of hydrogen-bond donors (Lipinski definition) is 3. The van der Waals surface area contributed by atoms with Gasteiger partial charge in [-0.3, -0.25) is 14.3 Å². The minimum Gasteiger partial charge on any atom is -0.495 e. The summed E-state index contributed by atoms with van der Waals surface area (Å²) in [6, 6.07) is 13.9. The third kappa shape index (κ3) is 6.22. The highest BCUT2D eigenvalue weighted by atomic mass is 35.5. The molecule has 0 saturated carbocycles. The molecule has 1 aromatic heterocycles. The van der Waals surface area contributed by atoms with Crippen LogP contribution in [0.1, 0.15) is 16.1 Å². The van der Waals surface area contributed by atoms with Crippen LogP contribution in [-0.4, -0.2) is 33.9 Å². The molecule has 0 spiro atoms. The zero-order valence-corrected chi connectivity index (χ0v) is 19.3. The molecule has 8 nitrogen and oxygen atoms in total. The predicted molar refractivity (Wildman–Crippen MR) is 125 cm³/mol. The van der Waals surface area contributed by atoms with Crippen LogP contribution < -0.4 is 20.1 Å². The van der Waals surface area contributed by atoms with Crippen molar-refractivity contribution in [1.29, 1.82) is 0 Å². The van der Waals surface area contributed by atoms with Crippen LogP contribution in [0.15, 0.2) is 64.9 Å². The van der Waals surface area contributed by atoms with Gasteiger partial charge in [0.2, 0.25) is 5.91 Å². The first-order chi connectivity index (χ1) is 15.3. The molecule has 0 radical (unpaired) electrons. The summed E-state index contributed by atoms with van der Waals surface area (Å²) in [4.78, 5) is 24.6. The molecular weight excluding hydrogens is 474 g/mol. The second-order valence-electron chi connectivity index (χ2n) is 6.51. The summed E-state index contributed by atoms with van der Waals surface area (Å²) in [6.45, 7) is 0.141. The van der Waals surface area contributed by atoms with E-state index in [0.29, 0.717) is 15.6 Å². The molecular formula is C21H20ClN3O5S2. The molecule has 2 amide bonds. The molecule has 0 aliphatic heterocycles. The van der Waals surface area contributed by atoms with E-state index in [0.717, 1.165) is 0 Å². The number of sulfonamides is 1. The minimum absolute atomic E-state index is 0.0221. The summed E-state index contributed by atoms with van der Waals surface area (Å²) in [7, 11) is -2.65. The second-order valence-corrected chi connectivity index (χ2v) is 9.54. The molecule has 3 N–H and O–H groups in total. The zero-order valence-electron chi connectivity index (χ0n) is 16.9. The Labute approximate surface area is 194 Å². The number of methoxy groups -OCH3 is 1. The fourth-order valence-electron chi connectivity index (χ4n) is 2.70. The van der Waals surface area contributed by atoms with Gasteiger partial charge in [-0.05, 0) is 53.9 Å². The van der Waals surface area contributed by atoms with Crippen LogP contribution in [0.5, 0.6) is 5.75 Å². The quantitative estimate of drug-likeness (QED) is 0.417. The Morgan fingerprint density at radius 1 is 1.06 bits per heavy atom. The van der Waals surface area contributed by atoms with Crippen molar-refractivity contribution in [3.05, 3.63) is 69.9 Å². The monoisotopic (exact) mass is 493 g/mol. The number of amides is 2. The van der Waals surface area contributed by atoms with Gasteiger partial charge in [0.05, 0.1) is 12.0 Å². The third-order valence-corrected chi connectivity index (χ3v) is 6.74. The van der Waals surface area contributed by atoms with Crippen LogP contribution in [0.4, 0.5) is 11.4 Å². The first-order valence-electron chi connectivity index (χ1n) is 9.36. The molecule has 0 fully saturated rings. The van der Waals surface area contributed by atoms with Crippen molar-refractivity contribution in [3.63, 3.8) is 0 Å². The Kier molecular flexibility index (Phi) is 7.73. The van der Waals surface area contributed by atoms with Crippen molar-refractivity contribution in [2.45, 2.75) is 11.3 Å². The predicted octanol–water partition coefficient (Wildman–Crippen LogP) is 3.97. The number of benzene rings is 2. The molecule has 32 heavy (non-hydrogen) atoms. The second kappa shape index (κ2) is 10.5. The number of carbonyl (C=O) groups excluding carboxylic acids is 2. The van der Waals surface area contributed by atoms with Gasteiger partial charge in [0, 0.05) is 29.4 Å². The number of halogens is 1. The van der Waals surface area contributed by atoms with Gasteiger partial charge in [-0.1, -0.05) is 17.7 Å². The van der Waals surface area contributed by atoms with Gasteiger partial charge in [-0.25, -0.2) is 8.42 Å². The lowest BCUT2D eigenvalue weighted by molar-refractivity contribution is -0.116. The van der Waals surface area contributed by atoms with Gasteiger partial charge < -0.3 is 15.4 Å². The number of rotatable bonds is 9. The Hall–Kier alpha value is -3.08. The maximum absolute atomic E-state index is 12.9. The van der Waals surface area contributed by atoms with Crippen molar-refractivity contribution >= 4 is 56.2 Å². The van der Waals surface area contributed by atoms with Gasteiger partial charge in [0.15, 0.2) is 0 Å². The van der Waals surface area contributed by atoms with E-state index >= 15 is 0 Å². The summed E-state index contributed by atoms with van der Waals surface area (Å²) in [5, 5.41) is 7.56. The molecule has 168 valence electrons. The summed E-state index contributed by atoms with van der Waals surface area (Å²) < 4.78 is 33.4. The van der Waals surface area contributed by atoms with Gasteiger partial charge in [-0.2, -0.15) is 0 Å². The van der Waals surface area contributed by atoms with Gasteiger partial charge in [0.25, 0.3) is 15.9 Å². The largest absolute Gasteiger partial charge is 0.495 e. The van der Waals surface area contributed by atoms with E-state index in [2.05, 4.69) is 15.4 Å². The highest BCUT2D eigenvalue weighted by Crippen LogP contribution is 2.29. The van der Waals surface area contributed by atoms with Crippen LogP contribution in [0.2, 0.25) is 5.02 Å². The molecule has 2 aromatic carbocycles. The smallest absolute Gasteiger partial charge is 0.265 e.